The number of aromatic amines is 1. The Hall–Kier alpha value is -3.46. The van der Waals surface area contributed by atoms with E-state index in [0.717, 1.165) is 10.9 Å². The lowest BCUT2D eigenvalue weighted by atomic mass is 10.1. The molecule has 0 spiro atoms. The number of ether oxygens (including phenoxy) is 1. The number of nitrogens with two attached hydrogens (primary N) is 1. The van der Waals surface area contributed by atoms with Gasteiger partial charge in [0.25, 0.3) is 0 Å². The van der Waals surface area contributed by atoms with Gasteiger partial charge in [-0.05, 0) is 18.2 Å². The highest BCUT2D eigenvalue weighted by Gasteiger charge is 2.18. The first-order valence-corrected chi connectivity index (χ1v) is 7.91. The average molecular weight is 352 g/mol. The van der Waals surface area contributed by atoms with Gasteiger partial charge in [-0.15, -0.1) is 0 Å². The van der Waals surface area contributed by atoms with Gasteiger partial charge < -0.3 is 20.6 Å². The SMILES string of the molecule is COC(=O)c1ccc2cc(-c3nn(CCO)c4ncnc(N)c34)[nH]c2c1. The molecule has 4 aromatic rings. The highest BCUT2D eigenvalue weighted by Crippen LogP contribution is 2.31. The summed E-state index contributed by atoms with van der Waals surface area (Å²) < 4.78 is 6.35. The molecule has 3 heterocycles. The van der Waals surface area contributed by atoms with Crippen molar-refractivity contribution >= 4 is 33.7 Å². The second kappa shape index (κ2) is 6.12. The number of nitrogens with one attached hydrogen (secondary N) is 1. The third kappa shape index (κ3) is 2.45. The van der Waals surface area contributed by atoms with E-state index in [1.807, 2.05) is 12.1 Å². The van der Waals surface area contributed by atoms with Gasteiger partial charge in [0.05, 0.1) is 36.9 Å². The molecule has 0 aliphatic carbocycles. The van der Waals surface area contributed by atoms with Crippen LogP contribution in [-0.2, 0) is 11.3 Å². The summed E-state index contributed by atoms with van der Waals surface area (Å²) in [7, 11) is 1.34. The number of carbonyl (C=O) groups is 1. The minimum Gasteiger partial charge on any atom is -0.465 e. The van der Waals surface area contributed by atoms with Crippen molar-refractivity contribution in [3.63, 3.8) is 0 Å². The predicted octanol–water partition coefficient (Wildman–Crippen LogP) is 1.34. The molecule has 1 aromatic carbocycles. The van der Waals surface area contributed by atoms with E-state index in [9.17, 15) is 9.90 Å². The Bertz CT molecular complexity index is 1130. The van der Waals surface area contributed by atoms with Gasteiger partial charge in [-0.3, -0.25) is 0 Å². The lowest BCUT2D eigenvalue weighted by Gasteiger charge is -1.98. The number of hydrogen-bond donors (Lipinski definition) is 3. The topological polar surface area (TPSA) is 132 Å². The first-order chi connectivity index (χ1) is 12.6. The monoisotopic (exact) mass is 352 g/mol. The number of benzene rings is 1. The fourth-order valence-corrected chi connectivity index (χ4v) is 2.97. The average Bonchev–Trinajstić information content (AvgIpc) is 3.23. The van der Waals surface area contributed by atoms with Crippen LogP contribution >= 0.6 is 0 Å². The fourth-order valence-electron chi connectivity index (χ4n) is 2.97. The van der Waals surface area contributed by atoms with Crippen molar-refractivity contribution in [3.05, 3.63) is 36.2 Å². The van der Waals surface area contributed by atoms with Crippen molar-refractivity contribution < 1.29 is 14.6 Å². The van der Waals surface area contributed by atoms with Crippen LogP contribution in [0.5, 0.6) is 0 Å². The number of fused-ring (bicyclic) bond motifs is 2. The van der Waals surface area contributed by atoms with Crippen LogP contribution in [0.15, 0.2) is 30.6 Å². The Morgan fingerprint density at radius 3 is 2.96 bits per heavy atom. The molecule has 9 heteroatoms. The zero-order valence-corrected chi connectivity index (χ0v) is 13.9. The van der Waals surface area contributed by atoms with E-state index in [-0.39, 0.29) is 6.61 Å². The minimum atomic E-state index is -0.404. The number of H-pyrrole nitrogens is 1. The van der Waals surface area contributed by atoms with E-state index in [1.54, 1.807) is 16.8 Å². The van der Waals surface area contributed by atoms with E-state index >= 15 is 0 Å². The number of nitrogen functional groups attached to an aromatic ring is 1. The van der Waals surface area contributed by atoms with Gasteiger partial charge in [0.2, 0.25) is 0 Å². The number of anilines is 1. The van der Waals surface area contributed by atoms with Crippen LogP contribution in [0.4, 0.5) is 5.82 Å². The summed E-state index contributed by atoms with van der Waals surface area (Å²) in [6.45, 7) is 0.217. The molecule has 0 unspecified atom stereocenters. The lowest BCUT2D eigenvalue weighted by molar-refractivity contribution is 0.0601. The third-order valence-electron chi connectivity index (χ3n) is 4.17. The molecule has 0 fully saturated rings. The van der Waals surface area contributed by atoms with Crippen molar-refractivity contribution in [1.29, 1.82) is 0 Å². The van der Waals surface area contributed by atoms with Gasteiger partial charge in [-0.1, -0.05) is 6.07 Å². The summed E-state index contributed by atoms with van der Waals surface area (Å²) in [5, 5.41) is 15.3. The molecule has 132 valence electrons. The summed E-state index contributed by atoms with van der Waals surface area (Å²) in [5.41, 5.74) is 9.11. The Kier molecular flexibility index (Phi) is 3.77. The molecule has 0 aliphatic heterocycles. The number of aliphatic hydroxyl groups is 1. The lowest BCUT2D eigenvalue weighted by Crippen LogP contribution is -2.05. The number of aliphatic hydroxyl groups excluding tert-OH is 1. The molecule has 0 saturated heterocycles. The second-order valence-electron chi connectivity index (χ2n) is 5.73. The minimum absolute atomic E-state index is 0.0741. The molecule has 4 N–H and O–H groups in total. The quantitative estimate of drug-likeness (QED) is 0.472. The summed E-state index contributed by atoms with van der Waals surface area (Å²) in [6, 6.07) is 7.16. The molecule has 0 amide bonds. The van der Waals surface area contributed by atoms with E-state index in [2.05, 4.69) is 20.1 Å². The second-order valence-corrected chi connectivity index (χ2v) is 5.73. The van der Waals surface area contributed by atoms with E-state index in [4.69, 9.17) is 10.5 Å². The van der Waals surface area contributed by atoms with Crippen molar-refractivity contribution in [1.82, 2.24) is 24.7 Å². The Morgan fingerprint density at radius 1 is 1.35 bits per heavy atom. The van der Waals surface area contributed by atoms with Gasteiger partial charge in [-0.25, -0.2) is 19.4 Å². The molecule has 26 heavy (non-hydrogen) atoms. The molecule has 0 atom stereocenters. The Balaban J connectivity index is 1.91. The maximum absolute atomic E-state index is 11.7. The molecule has 0 bridgehead atoms. The first kappa shape index (κ1) is 16.0. The zero-order valence-electron chi connectivity index (χ0n) is 13.9. The number of rotatable bonds is 4. The molecular weight excluding hydrogens is 336 g/mol. The largest absolute Gasteiger partial charge is 0.465 e. The number of esters is 1. The van der Waals surface area contributed by atoms with Gasteiger partial charge in [0.15, 0.2) is 5.65 Å². The van der Waals surface area contributed by atoms with Crippen LogP contribution in [0.2, 0.25) is 0 Å². The summed E-state index contributed by atoms with van der Waals surface area (Å²) in [5.74, 6) is -0.0959. The Morgan fingerprint density at radius 2 is 2.19 bits per heavy atom. The smallest absolute Gasteiger partial charge is 0.337 e. The molecule has 0 radical (unpaired) electrons. The van der Waals surface area contributed by atoms with Crippen molar-refractivity contribution in [2.75, 3.05) is 19.5 Å². The highest BCUT2D eigenvalue weighted by atomic mass is 16.5. The van der Waals surface area contributed by atoms with E-state index in [1.165, 1.54) is 13.4 Å². The number of carbonyl (C=O) groups excluding carboxylic acids is 1. The highest BCUT2D eigenvalue weighted by molar-refractivity contribution is 6.01. The molecule has 0 aliphatic rings. The maximum Gasteiger partial charge on any atom is 0.337 e. The summed E-state index contributed by atoms with van der Waals surface area (Å²) in [6.07, 6.45) is 1.37. The number of hydrogen-bond acceptors (Lipinski definition) is 7. The van der Waals surface area contributed by atoms with Gasteiger partial charge in [0.1, 0.15) is 17.8 Å². The Labute approximate surface area is 147 Å². The number of nitrogens with zero attached hydrogens (tertiary/aromatic N) is 4. The maximum atomic E-state index is 11.7. The van der Waals surface area contributed by atoms with Gasteiger partial charge in [0, 0.05) is 10.9 Å². The van der Waals surface area contributed by atoms with Crippen LogP contribution < -0.4 is 5.73 Å². The third-order valence-corrected chi connectivity index (χ3v) is 4.17. The molecular formula is C17H16N6O3. The van der Waals surface area contributed by atoms with Crippen molar-refractivity contribution in [2.45, 2.75) is 6.54 Å². The van der Waals surface area contributed by atoms with E-state index < -0.39 is 5.97 Å². The van der Waals surface area contributed by atoms with Crippen LogP contribution in [0.25, 0.3) is 33.3 Å². The standard InChI is InChI=1S/C17H16N6O3/c1-26-17(25)10-3-2-9-6-12(21-11(9)7-10)14-13-15(18)19-8-20-16(13)23(22-14)4-5-24/h2-3,6-8,21,24H,4-5H2,1H3,(H2,18,19,20). The predicted molar refractivity (Wildman–Crippen MR) is 95.5 cm³/mol. The van der Waals surface area contributed by atoms with Crippen LogP contribution in [-0.4, -0.2) is 49.5 Å². The number of aromatic nitrogens is 5. The zero-order chi connectivity index (χ0) is 18.3. The van der Waals surface area contributed by atoms with E-state index in [0.29, 0.717) is 40.3 Å². The van der Waals surface area contributed by atoms with Crippen molar-refractivity contribution in [3.8, 4) is 11.4 Å². The van der Waals surface area contributed by atoms with Gasteiger partial charge in [-0.2, -0.15) is 5.10 Å². The number of methoxy groups -OCH3 is 1. The van der Waals surface area contributed by atoms with Crippen LogP contribution in [0.3, 0.4) is 0 Å². The molecule has 4 rings (SSSR count). The van der Waals surface area contributed by atoms with Crippen LogP contribution in [0, 0.1) is 0 Å². The van der Waals surface area contributed by atoms with Crippen LogP contribution in [0.1, 0.15) is 10.4 Å². The summed E-state index contributed by atoms with van der Waals surface area (Å²) >= 11 is 0. The molecule has 0 saturated carbocycles. The van der Waals surface area contributed by atoms with Crippen molar-refractivity contribution in [2.24, 2.45) is 0 Å². The summed E-state index contributed by atoms with van der Waals surface area (Å²) in [4.78, 5) is 23.2. The normalized spacial score (nSPS) is 11.3. The van der Waals surface area contributed by atoms with Gasteiger partial charge >= 0.3 is 5.97 Å². The fraction of sp³-hybridized carbons (Fsp3) is 0.176. The first-order valence-electron chi connectivity index (χ1n) is 7.91. The molecule has 3 aromatic heterocycles. The molecule has 9 nitrogen and oxygen atoms in total.